The minimum Gasteiger partial charge on any atom is -0.478 e. The van der Waals surface area contributed by atoms with Gasteiger partial charge in [-0.2, -0.15) is 0 Å². The summed E-state index contributed by atoms with van der Waals surface area (Å²) in [6, 6.07) is 22.5. The van der Waals surface area contributed by atoms with Crippen LogP contribution in [-0.2, 0) is 0 Å². The van der Waals surface area contributed by atoms with Gasteiger partial charge in [-0.3, -0.25) is 4.79 Å². The number of amides is 1. The molecule has 0 saturated heterocycles. The SMILES string of the molecule is CC(C)NC(=O)c1ccc2ccccc2c1-c1c(C(=O)O)ccc2ccccc12. The molecule has 4 aromatic rings. The van der Waals surface area contributed by atoms with Crippen LogP contribution in [0.25, 0.3) is 32.7 Å². The molecule has 4 rings (SSSR count). The van der Waals surface area contributed by atoms with E-state index in [4.69, 9.17) is 0 Å². The highest BCUT2D eigenvalue weighted by Crippen LogP contribution is 2.39. The zero-order valence-corrected chi connectivity index (χ0v) is 16.3. The molecule has 0 heterocycles. The predicted molar refractivity (Wildman–Crippen MR) is 116 cm³/mol. The molecular formula is C25H21NO3. The van der Waals surface area contributed by atoms with E-state index in [1.165, 1.54) is 0 Å². The topological polar surface area (TPSA) is 66.4 Å². The molecular weight excluding hydrogens is 362 g/mol. The lowest BCUT2D eigenvalue weighted by Crippen LogP contribution is -2.30. The third kappa shape index (κ3) is 3.34. The van der Waals surface area contributed by atoms with Crippen LogP contribution in [0.1, 0.15) is 34.6 Å². The van der Waals surface area contributed by atoms with Crippen molar-refractivity contribution < 1.29 is 14.7 Å². The van der Waals surface area contributed by atoms with Crippen molar-refractivity contribution in [2.75, 3.05) is 0 Å². The molecule has 4 aromatic carbocycles. The Kier molecular flexibility index (Phi) is 4.77. The van der Waals surface area contributed by atoms with Crippen molar-refractivity contribution in [1.82, 2.24) is 5.32 Å². The van der Waals surface area contributed by atoms with Gasteiger partial charge < -0.3 is 10.4 Å². The summed E-state index contributed by atoms with van der Waals surface area (Å²) < 4.78 is 0. The Morgan fingerprint density at radius 3 is 1.72 bits per heavy atom. The minimum absolute atomic E-state index is 0.0340. The molecule has 0 atom stereocenters. The molecule has 0 bridgehead atoms. The van der Waals surface area contributed by atoms with Crippen LogP contribution in [0.15, 0.2) is 72.8 Å². The van der Waals surface area contributed by atoms with Gasteiger partial charge in [0.15, 0.2) is 0 Å². The third-order valence-electron chi connectivity index (χ3n) is 5.00. The molecule has 0 aromatic heterocycles. The molecule has 29 heavy (non-hydrogen) atoms. The summed E-state index contributed by atoms with van der Waals surface area (Å²) in [6.45, 7) is 3.80. The predicted octanol–water partition coefficient (Wildman–Crippen LogP) is 5.50. The molecule has 144 valence electrons. The van der Waals surface area contributed by atoms with Crippen molar-refractivity contribution in [3.63, 3.8) is 0 Å². The van der Waals surface area contributed by atoms with E-state index >= 15 is 0 Å². The largest absolute Gasteiger partial charge is 0.478 e. The maximum atomic E-state index is 13.1. The summed E-state index contributed by atoms with van der Waals surface area (Å²) in [5, 5.41) is 16.4. The van der Waals surface area contributed by atoms with Crippen molar-refractivity contribution in [3.8, 4) is 11.1 Å². The lowest BCUT2D eigenvalue weighted by molar-refractivity contribution is 0.0697. The Hall–Kier alpha value is -3.66. The Balaban J connectivity index is 2.17. The highest BCUT2D eigenvalue weighted by atomic mass is 16.4. The molecule has 0 unspecified atom stereocenters. The molecule has 0 saturated carbocycles. The van der Waals surface area contributed by atoms with E-state index in [-0.39, 0.29) is 17.5 Å². The summed E-state index contributed by atoms with van der Waals surface area (Å²) in [4.78, 5) is 25.2. The van der Waals surface area contributed by atoms with Gasteiger partial charge in [0.2, 0.25) is 0 Å². The van der Waals surface area contributed by atoms with E-state index in [0.29, 0.717) is 16.7 Å². The first-order chi connectivity index (χ1) is 14.0. The highest BCUT2D eigenvalue weighted by molar-refractivity contribution is 6.18. The van der Waals surface area contributed by atoms with Gasteiger partial charge in [-0.05, 0) is 47.5 Å². The second-order valence-corrected chi connectivity index (χ2v) is 7.35. The molecule has 0 aliphatic carbocycles. The average Bonchev–Trinajstić information content (AvgIpc) is 2.71. The molecule has 0 aliphatic heterocycles. The van der Waals surface area contributed by atoms with Gasteiger partial charge in [-0.15, -0.1) is 0 Å². The molecule has 0 fully saturated rings. The van der Waals surface area contributed by atoms with Gasteiger partial charge in [0, 0.05) is 22.7 Å². The minimum atomic E-state index is -1.02. The quantitative estimate of drug-likeness (QED) is 0.489. The van der Waals surface area contributed by atoms with Gasteiger partial charge in [0.25, 0.3) is 5.91 Å². The first-order valence-electron chi connectivity index (χ1n) is 9.55. The van der Waals surface area contributed by atoms with Gasteiger partial charge in [-0.1, -0.05) is 60.7 Å². The number of hydrogen-bond donors (Lipinski definition) is 2. The normalized spacial score (nSPS) is 11.1. The number of rotatable bonds is 4. The fourth-order valence-corrected chi connectivity index (χ4v) is 3.79. The number of carboxylic acids is 1. The van der Waals surface area contributed by atoms with Crippen molar-refractivity contribution >= 4 is 33.4 Å². The van der Waals surface area contributed by atoms with Crippen LogP contribution in [0.4, 0.5) is 0 Å². The molecule has 0 spiro atoms. The van der Waals surface area contributed by atoms with E-state index < -0.39 is 5.97 Å². The number of hydrogen-bond acceptors (Lipinski definition) is 2. The summed E-state index contributed by atoms with van der Waals surface area (Å²) >= 11 is 0. The first kappa shape index (κ1) is 18.7. The lowest BCUT2D eigenvalue weighted by atomic mass is 9.86. The number of carbonyl (C=O) groups is 2. The fourth-order valence-electron chi connectivity index (χ4n) is 3.79. The van der Waals surface area contributed by atoms with Crippen molar-refractivity contribution in [2.45, 2.75) is 19.9 Å². The zero-order chi connectivity index (χ0) is 20.5. The number of carbonyl (C=O) groups excluding carboxylic acids is 1. The molecule has 4 nitrogen and oxygen atoms in total. The monoisotopic (exact) mass is 383 g/mol. The van der Waals surface area contributed by atoms with Crippen LogP contribution in [0.5, 0.6) is 0 Å². The number of carboxylic acid groups (broad SMARTS) is 1. The zero-order valence-electron chi connectivity index (χ0n) is 16.3. The first-order valence-corrected chi connectivity index (χ1v) is 9.55. The second-order valence-electron chi connectivity index (χ2n) is 7.35. The molecule has 2 N–H and O–H groups in total. The van der Waals surface area contributed by atoms with Crippen LogP contribution in [-0.4, -0.2) is 23.0 Å². The number of aromatic carboxylic acids is 1. The van der Waals surface area contributed by atoms with Crippen LogP contribution in [0.3, 0.4) is 0 Å². The van der Waals surface area contributed by atoms with E-state index in [1.807, 2.05) is 68.4 Å². The smallest absolute Gasteiger partial charge is 0.336 e. The van der Waals surface area contributed by atoms with Gasteiger partial charge in [-0.25, -0.2) is 4.79 Å². The van der Waals surface area contributed by atoms with Crippen molar-refractivity contribution in [2.24, 2.45) is 0 Å². The standard InChI is InChI=1S/C25H21NO3/c1-15(2)26-24(27)20-13-11-16-7-3-5-9-18(16)22(20)23-19-10-6-4-8-17(19)12-14-21(23)25(28)29/h3-15H,1-2H3,(H,26,27)(H,28,29). The van der Waals surface area contributed by atoms with E-state index in [2.05, 4.69) is 5.32 Å². The second kappa shape index (κ2) is 7.40. The molecule has 1 amide bonds. The number of fused-ring (bicyclic) bond motifs is 2. The number of nitrogens with one attached hydrogen (secondary N) is 1. The Bertz CT molecular complexity index is 1260. The fraction of sp³-hybridized carbons (Fsp3) is 0.120. The maximum Gasteiger partial charge on any atom is 0.336 e. The van der Waals surface area contributed by atoms with E-state index in [0.717, 1.165) is 21.5 Å². The Morgan fingerprint density at radius 2 is 1.21 bits per heavy atom. The Labute approximate surface area is 168 Å². The van der Waals surface area contributed by atoms with E-state index in [9.17, 15) is 14.7 Å². The van der Waals surface area contributed by atoms with Crippen LogP contribution in [0, 0.1) is 0 Å². The van der Waals surface area contributed by atoms with Gasteiger partial charge >= 0.3 is 5.97 Å². The summed E-state index contributed by atoms with van der Waals surface area (Å²) in [7, 11) is 0. The molecule has 0 radical (unpaired) electrons. The van der Waals surface area contributed by atoms with Crippen LogP contribution in [0.2, 0.25) is 0 Å². The summed E-state index contributed by atoms with van der Waals surface area (Å²) in [6.07, 6.45) is 0. The highest BCUT2D eigenvalue weighted by Gasteiger charge is 2.23. The van der Waals surface area contributed by atoms with Crippen molar-refractivity contribution in [3.05, 3.63) is 83.9 Å². The number of benzene rings is 4. The van der Waals surface area contributed by atoms with Crippen LogP contribution >= 0.6 is 0 Å². The lowest BCUT2D eigenvalue weighted by Gasteiger charge is -2.18. The maximum absolute atomic E-state index is 13.1. The van der Waals surface area contributed by atoms with Crippen LogP contribution < -0.4 is 5.32 Å². The average molecular weight is 383 g/mol. The van der Waals surface area contributed by atoms with Gasteiger partial charge in [0.1, 0.15) is 0 Å². The third-order valence-corrected chi connectivity index (χ3v) is 5.00. The summed E-state index contributed by atoms with van der Waals surface area (Å²) in [5.74, 6) is -1.24. The molecule has 4 heteroatoms. The van der Waals surface area contributed by atoms with Gasteiger partial charge in [0.05, 0.1) is 5.56 Å². The Morgan fingerprint density at radius 1 is 0.724 bits per heavy atom. The van der Waals surface area contributed by atoms with Crippen molar-refractivity contribution in [1.29, 1.82) is 0 Å². The molecule has 0 aliphatic rings. The summed E-state index contributed by atoms with van der Waals surface area (Å²) in [5.41, 5.74) is 1.87. The van der Waals surface area contributed by atoms with E-state index in [1.54, 1.807) is 18.2 Å².